The third kappa shape index (κ3) is 3.85. The van der Waals surface area contributed by atoms with Crippen LogP contribution in [0.1, 0.15) is 34.3 Å². The summed E-state index contributed by atoms with van der Waals surface area (Å²) < 4.78 is 26.2. The number of nitrogens with zero attached hydrogens (tertiary/aromatic N) is 2. The Morgan fingerprint density at radius 3 is 2.20 bits per heavy atom. The topological polar surface area (TPSA) is 101 Å². The highest BCUT2D eigenvalue weighted by atomic mass is 32.2. The van der Waals surface area contributed by atoms with Crippen LogP contribution in [0, 0.1) is 19.8 Å². The van der Waals surface area contributed by atoms with Crippen LogP contribution in [0.5, 0.6) is 0 Å². The summed E-state index contributed by atoms with van der Waals surface area (Å²) in [5.41, 5.74) is 7.05. The molecule has 0 aliphatic carbocycles. The highest BCUT2D eigenvalue weighted by molar-refractivity contribution is 7.89. The number of piperidine rings is 1. The molecule has 1 heterocycles. The van der Waals surface area contributed by atoms with E-state index < -0.39 is 10.0 Å². The van der Waals surface area contributed by atoms with Gasteiger partial charge in [0.1, 0.15) is 0 Å². The summed E-state index contributed by atoms with van der Waals surface area (Å²) in [4.78, 5) is 25.8. The molecule has 0 aromatic heterocycles. The standard InChI is InChI=1S/C17H25N3O4S/c1-11-9-14(10-15(12(11)2)25(23,24)19(3)4)17(22)20-7-5-13(6-8-20)16(18)21/h9-10,13H,5-8H2,1-4H3,(H2,18,21). The number of likely N-dealkylation sites (tertiary alicyclic amines) is 1. The summed E-state index contributed by atoms with van der Waals surface area (Å²) in [6.07, 6.45) is 1.07. The van der Waals surface area contributed by atoms with Crippen LogP contribution in [-0.4, -0.2) is 56.6 Å². The van der Waals surface area contributed by atoms with Gasteiger partial charge in [0.15, 0.2) is 0 Å². The summed E-state index contributed by atoms with van der Waals surface area (Å²) in [5, 5.41) is 0. The Morgan fingerprint density at radius 1 is 1.16 bits per heavy atom. The Labute approximate surface area is 148 Å². The quantitative estimate of drug-likeness (QED) is 0.854. The first-order valence-electron chi connectivity index (χ1n) is 8.18. The Hall–Kier alpha value is -1.93. The first kappa shape index (κ1) is 19.4. The Bertz CT molecular complexity index is 794. The van der Waals surface area contributed by atoms with Gasteiger partial charge in [-0.3, -0.25) is 9.59 Å². The number of amides is 2. The molecule has 2 N–H and O–H groups in total. The Balaban J connectivity index is 2.33. The molecule has 1 aliphatic rings. The van der Waals surface area contributed by atoms with Crippen LogP contribution in [0.2, 0.25) is 0 Å². The normalized spacial score (nSPS) is 16.3. The third-order valence-corrected chi connectivity index (χ3v) is 6.75. The average molecular weight is 367 g/mol. The van der Waals surface area contributed by atoms with Gasteiger partial charge in [0, 0.05) is 38.7 Å². The lowest BCUT2D eigenvalue weighted by atomic mass is 9.95. The third-order valence-electron chi connectivity index (χ3n) is 4.81. The van der Waals surface area contributed by atoms with E-state index in [0.29, 0.717) is 37.1 Å². The molecule has 0 bridgehead atoms. The van der Waals surface area contributed by atoms with E-state index in [1.807, 2.05) is 0 Å². The molecule has 25 heavy (non-hydrogen) atoms. The second-order valence-corrected chi connectivity index (χ2v) is 8.79. The highest BCUT2D eigenvalue weighted by Gasteiger charge is 2.28. The molecule has 1 aromatic rings. The first-order chi connectivity index (χ1) is 11.6. The van der Waals surface area contributed by atoms with Crippen LogP contribution in [0.15, 0.2) is 17.0 Å². The molecule has 1 saturated heterocycles. The molecule has 2 rings (SSSR count). The molecule has 0 spiro atoms. The fourth-order valence-electron chi connectivity index (χ4n) is 2.96. The number of aryl methyl sites for hydroxylation is 1. The second kappa shape index (κ2) is 7.13. The van der Waals surface area contributed by atoms with Crippen LogP contribution in [0.4, 0.5) is 0 Å². The molecule has 1 aromatic carbocycles. The van der Waals surface area contributed by atoms with Crippen molar-refractivity contribution in [3.63, 3.8) is 0 Å². The number of carbonyl (C=O) groups is 2. The fraction of sp³-hybridized carbons (Fsp3) is 0.529. The van der Waals surface area contributed by atoms with Crippen LogP contribution < -0.4 is 5.73 Å². The zero-order chi connectivity index (χ0) is 18.9. The van der Waals surface area contributed by atoms with Crippen molar-refractivity contribution < 1.29 is 18.0 Å². The zero-order valence-corrected chi connectivity index (χ0v) is 15.9. The zero-order valence-electron chi connectivity index (χ0n) is 15.1. The van der Waals surface area contributed by atoms with Crippen molar-refractivity contribution in [2.24, 2.45) is 11.7 Å². The number of nitrogens with two attached hydrogens (primary N) is 1. The van der Waals surface area contributed by atoms with Crippen molar-refractivity contribution in [1.29, 1.82) is 0 Å². The predicted molar refractivity (Wildman–Crippen MR) is 94.6 cm³/mol. The molecule has 1 fully saturated rings. The molecule has 7 nitrogen and oxygen atoms in total. The average Bonchev–Trinajstić information content (AvgIpc) is 2.56. The minimum absolute atomic E-state index is 0.146. The minimum Gasteiger partial charge on any atom is -0.369 e. The summed E-state index contributed by atoms with van der Waals surface area (Å²) in [6, 6.07) is 3.16. The van der Waals surface area contributed by atoms with E-state index in [2.05, 4.69) is 0 Å². The van der Waals surface area contributed by atoms with Gasteiger partial charge in [-0.05, 0) is 49.9 Å². The molecule has 138 valence electrons. The van der Waals surface area contributed by atoms with Gasteiger partial charge in [-0.25, -0.2) is 12.7 Å². The maximum atomic E-state index is 12.8. The monoisotopic (exact) mass is 367 g/mol. The van der Waals surface area contributed by atoms with Gasteiger partial charge in [0.05, 0.1) is 4.90 Å². The maximum absolute atomic E-state index is 12.8. The smallest absolute Gasteiger partial charge is 0.253 e. The van der Waals surface area contributed by atoms with Gasteiger partial charge in [-0.2, -0.15) is 0 Å². The maximum Gasteiger partial charge on any atom is 0.253 e. The Kier molecular flexibility index (Phi) is 5.53. The van der Waals surface area contributed by atoms with Gasteiger partial charge in [0.25, 0.3) is 5.91 Å². The number of carbonyl (C=O) groups excluding carboxylic acids is 2. The summed E-state index contributed by atoms with van der Waals surface area (Å²) in [6.45, 7) is 4.41. The number of rotatable bonds is 4. The van der Waals surface area contributed by atoms with E-state index >= 15 is 0 Å². The lowest BCUT2D eigenvalue weighted by Gasteiger charge is -2.31. The van der Waals surface area contributed by atoms with Gasteiger partial charge < -0.3 is 10.6 Å². The van der Waals surface area contributed by atoms with Crippen molar-refractivity contribution in [3.05, 3.63) is 28.8 Å². The van der Waals surface area contributed by atoms with E-state index in [0.717, 1.165) is 9.87 Å². The Morgan fingerprint density at radius 2 is 1.72 bits per heavy atom. The van der Waals surface area contributed by atoms with Crippen molar-refractivity contribution in [3.8, 4) is 0 Å². The van der Waals surface area contributed by atoms with Gasteiger partial charge in [0.2, 0.25) is 15.9 Å². The van der Waals surface area contributed by atoms with Crippen molar-refractivity contribution in [1.82, 2.24) is 9.21 Å². The second-order valence-electron chi connectivity index (χ2n) is 6.67. The molecule has 0 atom stereocenters. The SMILES string of the molecule is Cc1cc(C(=O)N2CCC(C(N)=O)CC2)cc(S(=O)(=O)N(C)C)c1C. The molecule has 1 aliphatic heterocycles. The van der Waals surface area contributed by atoms with E-state index in [9.17, 15) is 18.0 Å². The molecule has 8 heteroatoms. The molecular formula is C17H25N3O4S. The van der Waals surface area contributed by atoms with Crippen LogP contribution in [0.25, 0.3) is 0 Å². The number of hydrogen-bond donors (Lipinski definition) is 1. The summed E-state index contributed by atoms with van der Waals surface area (Å²) in [5.74, 6) is -0.757. The predicted octanol–water partition coefficient (Wildman–Crippen LogP) is 0.891. The van der Waals surface area contributed by atoms with Gasteiger partial charge in [-0.1, -0.05) is 0 Å². The number of primary amides is 1. The largest absolute Gasteiger partial charge is 0.369 e. The van der Waals surface area contributed by atoms with Crippen LogP contribution >= 0.6 is 0 Å². The minimum atomic E-state index is -3.64. The van der Waals surface area contributed by atoms with Crippen molar-refractivity contribution in [2.45, 2.75) is 31.6 Å². The number of sulfonamides is 1. The first-order valence-corrected chi connectivity index (χ1v) is 9.62. The van der Waals surface area contributed by atoms with Crippen LogP contribution in [0.3, 0.4) is 0 Å². The van der Waals surface area contributed by atoms with E-state index in [1.165, 1.54) is 20.2 Å². The molecule has 0 radical (unpaired) electrons. The lowest BCUT2D eigenvalue weighted by Crippen LogP contribution is -2.41. The van der Waals surface area contributed by atoms with Gasteiger partial charge >= 0.3 is 0 Å². The van der Waals surface area contributed by atoms with E-state index in [1.54, 1.807) is 24.8 Å². The summed E-state index contributed by atoms with van der Waals surface area (Å²) in [7, 11) is -0.704. The van der Waals surface area contributed by atoms with E-state index in [-0.39, 0.29) is 22.6 Å². The van der Waals surface area contributed by atoms with Crippen LogP contribution in [-0.2, 0) is 14.8 Å². The molecular weight excluding hydrogens is 342 g/mol. The highest BCUT2D eigenvalue weighted by Crippen LogP contribution is 2.25. The molecule has 2 amide bonds. The fourth-order valence-corrected chi connectivity index (χ4v) is 4.18. The van der Waals surface area contributed by atoms with Crippen molar-refractivity contribution >= 4 is 21.8 Å². The van der Waals surface area contributed by atoms with E-state index in [4.69, 9.17) is 5.73 Å². The number of hydrogen-bond acceptors (Lipinski definition) is 4. The number of benzene rings is 1. The molecule has 0 unspecified atom stereocenters. The van der Waals surface area contributed by atoms with Gasteiger partial charge in [-0.15, -0.1) is 0 Å². The van der Waals surface area contributed by atoms with Crippen molar-refractivity contribution in [2.75, 3.05) is 27.2 Å². The summed E-state index contributed by atoms with van der Waals surface area (Å²) >= 11 is 0. The lowest BCUT2D eigenvalue weighted by molar-refractivity contribution is -0.123. The molecule has 0 saturated carbocycles.